The first-order valence-electron chi connectivity index (χ1n) is 5.84. The van der Waals surface area contributed by atoms with Crippen molar-refractivity contribution in [2.24, 2.45) is 16.7 Å². The van der Waals surface area contributed by atoms with Crippen LogP contribution in [0, 0.1) is 22.7 Å². The molecule has 0 radical (unpaired) electrons. The molecule has 14 heavy (non-hydrogen) atoms. The summed E-state index contributed by atoms with van der Waals surface area (Å²) in [6.07, 6.45) is 2.61. The Labute approximate surface area is 91.5 Å². The Hall–Kier alpha value is 0. The van der Waals surface area contributed by atoms with Crippen molar-refractivity contribution in [3.63, 3.8) is 0 Å². The van der Waals surface area contributed by atoms with Gasteiger partial charge in [0.25, 0.3) is 0 Å². The van der Waals surface area contributed by atoms with Crippen LogP contribution in [-0.4, -0.2) is 0 Å². The third kappa shape index (κ3) is 5.02. The van der Waals surface area contributed by atoms with E-state index in [4.69, 9.17) is 0 Å². The highest BCUT2D eigenvalue weighted by Gasteiger charge is 2.33. The molecule has 0 fully saturated rings. The monoisotopic (exact) mass is 197 g/mol. The Morgan fingerprint density at radius 1 is 0.857 bits per heavy atom. The van der Waals surface area contributed by atoms with Gasteiger partial charge in [-0.1, -0.05) is 48.0 Å². The molecule has 0 aliphatic rings. The summed E-state index contributed by atoms with van der Waals surface area (Å²) in [6.45, 7) is 18.7. The molecule has 0 aromatic carbocycles. The van der Waals surface area contributed by atoms with Gasteiger partial charge in [-0.15, -0.1) is 0 Å². The van der Waals surface area contributed by atoms with Crippen molar-refractivity contribution >= 4 is 0 Å². The minimum absolute atomic E-state index is 0.424. The van der Waals surface area contributed by atoms with Crippen LogP contribution in [0.1, 0.15) is 68.2 Å². The van der Waals surface area contributed by atoms with Crippen LogP contribution in [0.25, 0.3) is 0 Å². The minimum Gasteiger partial charge on any atom is -0.320 e. The van der Waals surface area contributed by atoms with Crippen molar-refractivity contribution < 1.29 is 0 Å². The smallest absolute Gasteiger partial charge is 0.0341 e. The predicted molar refractivity (Wildman–Crippen MR) is 66.2 cm³/mol. The van der Waals surface area contributed by atoms with Gasteiger partial charge in [0.1, 0.15) is 0 Å². The zero-order chi connectivity index (χ0) is 11.6. The summed E-state index contributed by atoms with van der Waals surface area (Å²) in [7, 11) is 0. The van der Waals surface area contributed by atoms with Crippen LogP contribution in [0.2, 0.25) is 0 Å². The second kappa shape index (κ2) is 4.68. The van der Waals surface area contributed by atoms with E-state index in [-0.39, 0.29) is 0 Å². The van der Waals surface area contributed by atoms with E-state index in [2.05, 4.69) is 55.4 Å². The van der Waals surface area contributed by atoms with Gasteiger partial charge in [-0.2, -0.15) is 20.3 Å². The molecule has 0 saturated carbocycles. The van der Waals surface area contributed by atoms with Crippen LogP contribution in [0.4, 0.5) is 0 Å². The van der Waals surface area contributed by atoms with Crippen LogP contribution in [0.5, 0.6) is 0 Å². The van der Waals surface area contributed by atoms with Crippen LogP contribution in [-0.2, 0) is 0 Å². The van der Waals surface area contributed by atoms with E-state index in [1.165, 1.54) is 12.8 Å². The second-order valence-corrected chi connectivity index (χ2v) is 7.03. The lowest BCUT2D eigenvalue weighted by atomic mass is 9.64. The average Bonchev–Trinajstić information content (AvgIpc) is 1.78. The maximum absolute atomic E-state index is 2.37. The molecule has 0 heteroatoms. The lowest BCUT2D eigenvalue weighted by Crippen LogP contribution is -2.32. The highest BCUT2D eigenvalue weighted by atomic mass is 14.4. The molecule has 0 rings (SSSR count). The predicted octanol–water partition coefficient (Wildman–Crippen LogP) is 5.09. The first kappa shape index (κ1) is 14.0. The van der Waals surface area contributed by atoms with Gasteiger partial charge < -0.3 is 5.92 Å². The molecule has 0 unspecified atom stereocenters. The molecule has 0 saturated heterocycles. The quantitative estimate of drug-likeness (QED) is 0.553. The topological polar surface area (TPSA) is 0 Å². The van der Waals surface area contributed by atoms with Gasteiger partial charge in [0.2, 0.25) is 0 Å². The summed E-state index contributed by atoms with van der Waals surface area (Å²) >= 11 is 0. The van der Waals surface area contributed by atoms with Crippen molar-refractivity contribution in [1.82, 2.24) is 0 Å². The standard InChI is InChI=1S/C14H29/c1-11(2)9-10-12(13(3,4)5)14(6,7)8/h12H,9-10H2,1-8H3/q-1. The second-order valence-electron chi connectivity index (χ2n) is 7.03. The SMILES string of the molecule is C[C-](C)CCC(C(C)(C)C)C(C)(C)C. The van der Waals surface area contributed by atoms with E-state index in [1.807, 2.05) is 0 Å². The normalized spacial score (nSPS) is 14.1. The van der Waals surface area contributed by atoms with Crippen LogP contribution in [0.15, 0.2) is 0 Å². The largest absolute Gasteiger partial charge is 0.320 e. The van der Waals surface area contributed by atoms with Gasteiger partial charge in [-0.3, -0.25) is 0 Å². The molecule has 0 atom stereocenters. The summed E-state index contributed by atoms with van der Waals surface area (Å²) in [4.78, 5) is 0. The Balaban J connectivity index is 4.44. The molecule has 0 nitrogen and oxygen atoms in total. The molecular formula is C14H29-. The summed E-state index contributed by atoms with van der Waals surface area (Å²) in [6, 6.07) is 0. The molecule has 86 valence electrons. The third-order valence-corrected chi connectivity index (χ3v) is 3.02. The van der Waals surface area contributed by atoms with E-state index in [0.717, 1.165) is 5.92 Å². The summed E-state index contributed by atoms with van der Waals surface area (Å²) in [5.41, 5.74) is 0.849. The Morgan fingerprint density at radius 3 is 1.43 bits per heavy atom. The Bertz CT molecular complexity index is 138. The molecule has 0 aliphatic heterocycles. The van der Waals surface area contributed by atoms with Crippen molar-refractivity contribution in [1.29, 1.82) is 0 Å². The number of hydrogen-bond donors (Lipinski definition) is 0. The van der Waals surface area contributed by atoms with Crippen molar-refractivity contribution in [2.75, 3.05) is 0 Å². The first-order chi connectivity index (χ1) is 6.05. The number of hydrogen-bond acceptors (Lipinski definition) is 0. The molecule has 0 amide bonds. The van der Waals surface area contributed by atoms with Crippen LogP contribution < -0.4 is 0 Å². The molecular weight excluding hydrogens is 168 g/mol. The van der Waals surface area contributed by atoms with Gasteiger partial charge in [0.15, 0.2) is 0 Å². The molecule has 0 N–H and O–H groups in total. The van der Waals surface area contributed by atoms with E-state index < -0.39 is 0 Å². The van der Waals surface area contributed by atoms with Gasteiger partial charge in [0.05, 0.1) is 0 Å². The summed E-state index contributed by atoms with van der Waals surface area (Å²) in [5.74, 6) is 2.36. The molecule has 0 heterocycles. The van der Waals surface area contributed by atoms with Crippen molar-refractivity contribution in [3.8, 4) is 0 Å². The maximum atomic E-state index is 2.37. The van der Waals surface area contributed by atoms with Gasteiger partial charge in [0, 0.05) is 0 Å². The fraction of sp³-hybridized carbons (Fsp3) is 0.929. The van der Waals surface area contributed by atoms with Crippen LogP contribution >= 0.6 is 0 Å². The van der Waals surface area contributed by atoms with Gasteiger partial charge in [-0.25, -0.2) is 0 Å². The van der Waals surface area contributed by atoms with Crippen LogP contribution in [0.3, 0.4) is 0 Å². The van der Waals surface area contributed by atoms with E-state index in [0.29, 0.717) is 10.8 Å². The average molecular weight is 197 g/mol. The fourth-order valence-corrected chi connectivity index (χ4v) is 2.60. The molecule has 0 aliphatic carbocycles. The highest BCUT2D eigenvalue weighted by Crippen LogP contribution is 2.43. The molecule has 0 spiro atoms. The van der Waals surface area contributed by atoms with Crippen molar-refractivity contribution in [3.05, 3.63) is 5.92 Å². The molecule has 0 bridgehead atoms. The van der Waals surface area contributed by atoms with Gasteiger partial charge in [-0.05, 0) is 16.7 Å². The van der Waals surface area contributed by atoms with E-state index in [9.17, 15) is 0 Å². The maximum Gasteiger partial charge on any atom is -0.0341 e. The lowest BCUT2D eigenvalue weighted by Gasteiger charge is -2.42. The summed E-state index contributed by atoms with van der Waals surface area (Å²) in [5, 5.41) is 0. The van der Waals surface area contributed by atoms with Crippen molar-refractivity contribution in [2.45, 2.75) is 68.2 Å². The Morgan fingerprint density at radius 2 is 1.21 bits per heavy atom. The molecule has 0 aromatic rings. The fourth-order valence-electron chi connectivity index (χ4n) is 2.60. The highest BCUT2D eigenvalue weighted by molar-refractivity contribution is 4.87. The zero-order valence-electron chi connectivity index (χ0n) is 11.5. The van der Waals surface area contributed by atoms with Gasteiger partial charge >= 0.3 is 0 Å². The third-order valence-electron chi connectivity index (χ3n) is 3.02. The molecule has 0 aromatic heterocycles. The minimum atomic E-state index is 0.424. The summed E-state index contributed by atoms with van der Waals surface area (Å²) < 4.78 is 0. The van der Waals surface area contributed by atoms with E-state index in [1.54, 1.807) is 5.92 Å². The Kier molecular flexibility index (Phi) is 4.68. The zero-order valence-corrected chi connectivity index (χ0v) is 11.5. The lowest BCUT2D eigenvalue weighted by molar-refractivity contribution is 0.0918. The number of rotatable bonds is 3. The first-order valence-corrected chi connectivity index (χ1v) is 5.84. The van der Waals surface area contributed by atoms with E-state index >= 15 is 0 Å².